The molecule has 1 aromatic rings. The van der Waals surface area contributed by atoms with Crippen molar-refractivity contribution in [2.45, 2.75) is 53.1 Å². The fourth-order valence-corrected chi connectivity index (χ4v) is 3.37. The topological polar surface area (TPSA) is 97.0 Å². The lowest BCUT2D eigenvalue weighted by molar-refractivity contribution is -0.135. The van der Waals surface area contributed by atoms with E-state index in [2.05, 4.69) is 10.6 Å². The van der Waals surface area contributed by atoms with Gasteiger partial charge in [0.05, 0.1) is 6.54 Å². The lowest BCUT2D eigenvalue weighted by atomic mass is 9.97. The standard InChI is InChI=1S/C23H35N3O5/c1-16-6-7-19(17(2)12-16)30-15-21(28)26-10-8-18(9-11-26)13-24-20(27)14-25-22(29)31-23(3,4)5/h6-7,12,18H,8-11,13-15H2,1-5H3,(H,24,27)(H,25,29). The number of ether oxygens (including phenoxy) is 2. The molecule has 1 fully saturated rings. The Hall–Kier alpha value is -2.77. The molecule has 2 rings (SSSR count). The SMILES string of the molecule is Cc1ccc(OCC(=O)N2CCC(CNC(=O)CNC(=O)OC(C)(C)C)CC2)c(C)c1. The molecule has 0 aliphatic carbocycles. The number of benzene rings is 1. The second-order valence-electron chi connectivity index (χ2n) is 9.04. The maximum absolute atomic E-state index is 12.4. The summed E-state index contributed by atoms with van der Waals surface area (Å²) in [4.78, 5) is 37.8. The molecule has 1 heterocycles. The van der Waals surface area contributed by atoms with Crippen molar-refractivity contribution in [2.75, 3.05) is 32.8 Å². The van der Waals surface area contributed by atoms with E-state index in [9.17, 15) is 14.4 Å². The molecule has 0 spiro atoms. The van der Waals surface area contributed by atoms with Crippen LogP contribution in [-0.2, 0) is 14.3 Å². The quantitative estimate of drug-likeness (QED) is 0.689. The summed E-state index contributed by atoms with van der Waals surface area (Å²) < 4.78 is 10.8. The van der Waals surface area contributed by atoms with Gasteiger partial charge in [-0.3, -0.25) is 9.59 Å². The number of alkyl carbamates (subject to hydrolysis) is 1. The predicted molar refractivity (Wildman–Crippen MR) is 118 cm³/mol. The van der Waals surface area contributed by atoms with Crippen molar-refractivity contribution in [2.24, 2.45) is 5.92 Å². The first kappa shape index (κ1) is 24.5. The van der Waals surface area contributed by atoms with Crippen molar-refractivity contribution in [1.29, 1.82) is 0 Å². The van der Waals surface area contributed by atoms with Crippen LogP contribution in [-0.4, -0.2) is 61.2 Å². The first-order valence-electron chi connectivity index (χ1n) is 10.7. The minimum atomic E-state index is -0.613. The number of carbonyl (C=O) groups excluding carboxylic acids is 3. The molecule has 0 bridgehead atoms. The summed E-state index contributed by atoms with van der Waals surface area (Å²) in [5, 5.41) is 5.28. The molecular weight excluding hydrogens is 398 g/mol. The van der Waals surface area contributed by atoms with Gasteiger partial charge in [-0.05, 0) is 65.0 Å². The van der Waals surface area contributed by atoms with Gasteiger partial charge in [0.2, 0.25) is 5.91 Å². The Morgan fingerprint density at radius 3 is 2.39 bits per heavy atom. The highest BCUT2D eigenvalue weighted by Gasteiger charge is 2.24. The molecule has 2 N–H and O–H groups in total. The molecule has 8 heteroatoms. The van der Waals surface area contributed by atoms with Crippen LogP contribution in [0.15, 0.2) is 18.2 Å². The number of likely N-dealkylation sites (tertiary alicyclic amines) is 1. The highest BCUT2D eigenvalue weighted by molar-refractivity contribution is 5.82. The molecule has 0 saturated carbocycles. The summed E-state index contributed by atoms with van der Waals surface area (Å²) >= 11 is 0. The Bertz CT molecular complexity index is 780. The van der Waals surface area contributed by atoms with E-state index >= 15 is 0 Å². The van der Waals surface area contributed by atoms with E-state index in [0.717, 1.165) is 29.7 Å². The fraction of sp³-hybridized carbons (Fsp3) is 0.609. The van der Waals surface area contributed by atoms with Crippen LogP contribution in [0.25, 0.3) is 0 Å². The minimum Gasteiger partial charge on any atom is -0.484 e. The number of amides is 3. The molecule has 0 radical (unpaired) electrons. The molecular formula is C23H35N3O5. The van der Waals surface area contributed by atoms with E-state index < -0.39 is 11.7 Å². The third-order valence-corrected chi connectivity index (χ3v) is 5.03. The maximum Gasteiger partial charge on any atom is 0.408 e. The first-order chi connectivity index (χ1) is 14.5. The van der Waals surface area contributed by atoms with Crippen molar-refractivity contribution in [3.05, 3.63) is 29.3 Å². The number of carbonyl (C=O) groups is 3. The Labute approximate surface area is 184 Å². The highest BCUT2D eigenvalue weighted by atomic mass is 16.6. The minimum absolute atomic E-state index is 0.0241. The first-order valence-corrected chi connectivity index (χ1v) is 10.7. The molecule has 8 nitrogen and oxygen atoms in total. The van der Waals surface area contributed by atoms with Crippen LogP contribution in [0.1, 0.15) is 44.7 Å². The van der Waals surface area contributed by atoms with E-state index in [1.54, 1.807) is 20.8 Å². The Balaban J connectivity index is 1.63. The highest BCUT2D eigenvalue weighted by Crippen LogP contribution is 2.20. The van der Waals surface area contributed by atoms with E-state index in [1.807, 2.05) is 36.9 Å². The number of nitrogens with one attached hydrogen (secondary N) is 2. The van der Waals surface area contributed by atoms with Gasteiger partial charge in [0.25, 0.3) is 5.91 Å². The summed E-state index contributed by atoms with van der Waals surface area (Å²) in [5.41, 5.74) is 1.57. The van der Waals surface area contributed by atoms with Gasteiger partial charge in [0.15, 0.2) is 6.61 Å². The van der Waals surface area contributed by atoms with Gasteiger partial charge in [-0.25, -0.2) is 4.79 Å². The molecule has 1 aromatic carbocycles. The molecule has 0 unspecified atom stereocenters. The maximum atomic E-state index is 12.4. The van der Waals surface area contributed by atoms with Gasteiger partial charge in [-0.2, -0.15) is 0 Å². The van der Waals surface area contributed by atoms with Crippen molar-refractivity contribution in [3.63, 3.8) is 0 Å². The lowest BCUT2D eigenvalue weighted by Gasteiger charge is -2.32. The van der Waals surface area contributed by atoms with Crippen molar-refractivity contribution < 1.29 is 23.9 Å². The summed E-state index contributed by atoms with van der Waals surface area (Å²) in [6.45, 7) is 11.0. The summed E-state index contributed by atoms with van der Waals surface area (Å²) in [6.07, 6.45) is 1.02. The molecule has 0 aromatic heterocycles. The monoisotopic (exact) mass is 433 g/mol. The number of aryl methyl sites for hydroxylation is 2. The summed E-state index contributed by atoms with van der Waals surface area (Å²) in [5.74, 6) is 0.751. The zero-order valence-corrected chi connectivity index (χ0v) is 19.2. The average molecular weight is 434 g/mol. The molecule has 1 aliphatic rings. The molecule has 1 saturated heterocycles. The molecule has 3 amide bonds. The van der Waals surface area contributed by atoms with E-state index in [0.29, 0.717) is 25.6 Å². The second kappa shape index (κ2) is 11.0. The number of piperidine rings is 1. The molecule has 1 aliphatic heterocycles. The normalized spacial score (nSPS) is 14.7. The molecule has 0 atom stereocenters. The van der Waals surface area contributed by atoms with Crippen LogP contribution in [0.2, 0.25) is 0 Å². The van der Waals surface area contributed by atoms with Crippen LogP contribution >= 0.6 is 0 Å². The predicted octanol–water partition coefficient (Wildman–Crippen LogP) is 2.56. The summed E-state index contributed by atoms with van der Waals surface area (Å²) in [6, 6.07) is 5.89. The Morgan fingerprint density at radius 2 is 1.77 bits per heavy atom. The van der Waals surface area contributed by atoms with Gasteiger partial charge in [0, 0.05) is 19.6 Å². The van der Waals surface area contributed by atoms with E-state index in [4.69, 9.17) is 9.47 Å². The van der Waals surface area contributed by atoms with Crippen molar-refractivity contribution in [1.82, 2.24) is 15.5 Å². The smallest absolute Gasteiger partial charge is 0.408 e. The van der Waals surface area contributed by atoms with Crippen molar-refractivity contribution >= 4 is 17.9 Å². The van der Waals surface area contributed by atoms with Gasteiger partial charge in [-0.15, -0.1) is 0 Å². The third-order valence-electron chi connectivity index (χ3n) is 5.03. The largest absolute Gasteiger partial charge is 0.484 e. The van der Waals surface area contributed by atoms with Gasteiger partial charge in [0.1, 0.15) is 11.4 Å². The fourth-order valence-electron chi connectivity index (χ4n) is 3.37. The van der Waals surface area contributed by atoms with Gasteiger partial charge >= 0.3 is 6.09 Å². The van der Waals surface area contributed by atoms with Crippen LogP contribution in [0, 0.1) is 19.8 Å². The Kier molecular flexibility index (Phi) is 8.71. The molecule has 172 valence electrons. The number of hydrogen-bond donors (Lipinski definition) is 2. The van der Waals surface area contributed by atoms with E-state index in [-0.39, 0.29) is 25.0 Å². The summed E-state index contributed by atoms with van der Waals surface area (Å²) in [7, 11) is 0. The van der Waals surface area contributed by atoms with Crippen LogP contribution < -0.4 is 15.4 Å². The van der Waals surface area contributed by atoms with Crippen LogP contribution in [0.5, 0.6) is 5.75 Å². The van der Waals surface area contributed by atoms with Gasteiger partial charge < -0.3 is 25.0 Å². The number of hydrogen-bond acceptors (Lipinski definition) is 5. The number of nitrogens with zero attached hydrogens (tertiary/aromatic N) is 1. The van der Waals surface area contributed by atoms with Crippen LogP contribution in [0.4, 0.5) is 4.79 Å². The van der Waals surface area contributed by atoms with E-state index in [1.165, 1.54) is 0 Å². The van der Waals surface area contributed by atoms with Crippen LogP contribution in [0.3, 0.4) is 0 Å². The average Bonchev–Trinajstić information content (AvgIpc) is 2.69. The molecule has 31 heavy (non-hydrogen) atoms. The zero-order chi connectivity index (χ0) is 23.0. The Morgan fingerprint density at radius 1 is 1.10 bits per heavy atom. The third kappa shape index (κ3) is 8.86. The van der Waals surface area contributed by atoms with Crippen molar-refractivity contribution in [3.8, 4) is 5.75 Å². The van der Waals surface area contributed by atoms with Gasteiger partial charge in [-0.1, -0.05) is 17.7 Å². The second-order valence-corrected chi connectivity index (χ2v) is 9.04. The zero-order valence-electron chi connectivity index (χ0n) is 19.2. The lowest BCUT2D eigenvalue weighted by Crippen LogP contribution is -2.45. The number of rotatable bonds is 7.